The minimum atomic E-state index is -1.17. The third-order valence-corrected chi connectivity index (χ3v) is 2.75. The highest BCUT2D eigenvalue weighted by Crippen LogP contribution is 2.25. The van der Waals surface area contributed by atoms with E-state index in [4.69, 9.17) is 33.4 Å². The summed E-state index contributed by atoms with van der Waals surface area (Å²) in [6.45, 7) is -0.497. The Hall–Kier alpha value is -0.850. The number of hydrogen-bond acceptors (Lipinski definition) is 5. The molecular formula is C11H14Cl2N2O3. The summed E-state index contributed by atoms with van der Waals surface area (Å²) in [6.07, 6.45) is -0.755. The highest BCUT2D eigenvalue weighted by Gasteiger charge is 2.13. The van der Waals surface area contributed by atoms with E-state index in [-0.39, 0.29) is 6.42 Å². The molecule has 0 amide bonds. The number of benzene rings is 1. The largest absolute Gasteiger partial charge is 0.394 e. The zero-order chi connectivity index (χ0) is 13.5. The molecule has 0 aliphatic rings. The van der Waals surface area contributed by atoms with Gasteiger partial charge in [-0.1, -0.05) is 23.2 Å². The number of anilines is 1. The van der Waals surface area contributed by atoms with E-state index in [0.29, 0.717) is 15.7 Å². The second kappa shape index (κ2) is 7.56. The number of nitrogens with one attached hydrogen (secondary N) is 1. The minimum Gasteiger partial charge on any atom is -0.394 e. The van der Waals surface area contributed by atoms with E-state index in [1.54, 1.807) is 18.2 Å². The van der Waals surface area contributed by atoms with Gasteiger partial charge in [-0.3, -0.25) is 5.43 Å². The summed E-state index contributed by atoms with van der Waals surface area (Å²) in [6, 6.07) is 4.90. The van der Waals surface area contributed by atoms with Crippen LogP contribution in [0.1, 0.15) is 6.42 Å². The number of hydrogen-bond donors (Lipinski definition) is 4. The van der Waals surface area contributed by atoms with Crippen molar-refractivity contribution < 1.29 is 15.3 Å². The van der Waals surface area contributed by atoms with Gasteiger partial charge in [-0.15, -0.1) is 0 Å². The molecule has 7 heteroatoms. The summed E-state index contributed by atoms with van der Waals surface area (Å²) in [5.74, 6) is 0. The van der Waals surface area contributed by atoms with E-state index < -0.39 is 18.8 Å². The average Bonchev–Trinajstić information content (AvgIpc) is 2.37. The molecule has 0 aromatic heterocycles. The molecular weight excluding hydrogens is 279 g/mol. The van der Waals surface area contributed by atoms with E-state index in [0.717, 1.165) is 0 Å². The molecule has 0 bridgehead atoms. The molecule has 0 saturated heterocycles. The van der Waals surface area contributed by atoms with Crippen LogP contribution in [0.5, 0.6) is 0 Å². The monoisotopic (exact) mass is 292 g/mol. The zero-order valence-corrected chi connectivity index (χ0v) is 10.9. The van der Waals surface area contributed by atoms with Gasteiger partial charge in [0.2, 0.25) is 0 Å². The maximum Gasteiger partial charge on any atom is 0.103 e. The van der Waals surface area contributed by atoms with E-state index in [1.807, 2.05) is 0 Å². The Morgan fingerprint density at radius 2 is 2.00 bits per heavy atom. The van der Waals surface area contributed by atoms with Crippen molar-refractivity contribution in [3.8, 4) is 0 Å². The van der Waals surface area contributed by atoms with Gasteiger partial charge in [0, 0.05) is 17.7 Å². The third kappa shape index (κ3) is 4.80. The molecule has 1 aromatic carbocycles. The fourth-order valence-corrected chi connectivity index (χ4v) is 1.47. The van der Waals surface area contributed by atoms with Crippen LogP contribution in [0.3, 0.4) is 0 Å². The Bertz CT molecular complexity index is 415. The Morgan fingerprint density at radius 3 is 2.67 bits per heavy atom. The van der Waals surface area contributed by atoms with Gasteiger partial charge in [0.25, 0.3) is 0 Å². The Morgan fingerprint density at radius 1 is 1.28 bits per heavy atom. The van der Waals surface area contributed by atoms with Gasteiger partial charge in [0.1, 0.15) is 6.10 Å². The molecule has 0 saturated carbocycles. The smallest absolute Gasteiger partial charge is 0.103 e. The van der Waals surface area contributed by atoms with Gasteiger partial charge in [-0.05, 0) is 18.2 Å². The van der Waals surface area contributed by atoms with E-state index >= 15 is 0 Å². The summed E-state index contributed by atoms with van der Waals surface area (Å²) in [4.78, 5) is 0. The van der Waals surface area contributed by atoms with Gasteiger partial charge >= 0.3 is 0 Å². The third-order valence-electron chi connectivity index (χ3n) is 2.18. The predicted molar refractivity (Wildman–Crippen MR) is 72.3 cm³/mol. The summed E-state index contributed by atoms with van der Waals surface area (Å²) >= 11 is 11.7. The van der Waals surface area contributed by atoms with Crippen molar-refractivity contribution in [2.45, 2.75) is 18.6 Å². The molecule has 2 atom stereocenters. The van der Waals surface area contributed by atoms with Crippen LogP contribution < -0.4 is 5.43 Å². The summed E-state index contributed by atoms with van der Waals surface area (Å²) in [7, 11) is 0. The van der Waals surface area contributed by atoms with E-state index in [1.165, 1.54) is 6.21 Å². The lowest BCUT2D eigenvalue weighted by molar-refractivity contribution is -0.00945. The number of rotatable bonds is 6. The molecule has 1 rings (SSSR count). The van der Waals surface area contributed by atoms with Gasteiger partial charge < -0.3 is 15.3 Å². The Kier molecular flexibility index (Phi) is 6.38. The van der Waals surface area contributed by atoms with Crippen molar-refractivity contribution in [2.75, 3.05) is 12.0 Å². The van der Waals surface area contributed by atoms with Gasteiger partial charge in [0.15, 0.2) is 0 Å². The molecule has 0 fully saturated rings. The predicted octanol–water partition coefficient (Wildman–Crippen LogP) is 1.50. The van der Waals surface area contributed by atoms with Crippen molar-refractivity contribution in [3.63, 3.8) is 0 Å². The molecule has 0 heterocycles. The first-order chi connectivity index (χ1) is 8.54. The molecule has 4 N–H and O–H groups in total. The Balaban J connectivity index is 2.47. The van der Waals surface area contributed by atoms with E-state index in [2.05, 4.69) is 10.5 Å². The zero-order valence-electron chi connectivity index (χ0n) is 9.42. The number of aliphatic hydroxyl groups is 3. The number of aliphatic hydroxyl groups excluding tert-OH is 3. The quantitative estimate of drug-likeness (QED) is 0.473. The average molecular weight is 293 g/mol. The molecule has 0 aliphatic carbocycles. The fourth-order valence-electron chi connectivity index (χ4n) is 1.14. The highest BCUT2D eigenvalue weighted by molar-refractivity contribution is 6.35. The highest BCUT2D eigenvalue weighted by atomic mass is 35.5. The first-order valence-electron chi connectivity index (χ1n) is 5.24. The van der Waals surface area contributed by atoms with Crippen LogP contribution in [-0.4, -0.2) is 40.3 Å². The molecule has 0 unspecified atom stereocenters. The van der Waals surface area contributed by atoms with Crippen LogP contribution in [-0.2, 0) is 0 Å². The summed E-state index contributed by atoms with van der Waals surface area (Å²) < 4.78 is 0. The lowest BCUT2D eigenvalue weighted by Crippen LogP contribution is -2.29. The maximum atomic E-state index is 9.34. The lowest BCUT2D eigenvalue weighted by atomic mass is 10.2. The number of halogens is 2. The Labute approximate surface area is 115 Å². The second-order valence-electron chi connectivity index (χ2n) is 3.60. The number of nitrogens with zero attached hydrogens (tertiary/aromatic N) is 1. The maximum absolute atomic E-state index is 9.34. The van der Waals surface area contributed by atoms with Crippen LogP contribution in [0, 0.1) is 0 Å². The summed E-state index contributed by atoms with van der Waals surface area (Å²) in [5.41, 5.74) is 3.20. The number of hydrazone groups is 1. The van der Waals surface area contributed by atoms with Crippen molar-refractivity contribution in [2.24, 2.45) is 5.10 Å². The molecule has 0 spiro atoms. The SMILES string of the molecule is OC[C@@H](O)[C@@H](O)C/C=N/Nc1cc(Cl)ccc1Cl. The van der Waals surface area contributed by atoms with E-state index in [9.17, 15) is 5.11 Å². The second-order valence-corrected chi connectivity index (χ2v) is 4.44. The van der Waals surface area contributed by atoms with Gasteiger partial charge in [-0.2, -0.15) is 5.10 Å². The molecule has 1 aromatic rings. The molecule has 5 nitrogen and oxygen atoms in total. The molecule has 0 radical (unpaired) electrons. The van der Waals surface area contributed by atoms with Gasteiger partial charge in [-0.25, -0.2) is 0 Å². The summed E-state index contributed by atoms with van der Waals surface area (Å²) in [5, 5.41) is 31.9. The standard InChI is InChI=1S/C11H14Cl2N2O3/c12-7-1-2-8(13)9(5-7)15-14-4-3-10(17)11(18)6-16/h1-2,4-5,10-11,15-18H,3,6H2/b14-4+/t10-,11+/m0/s1. The van der Waals surface area contributed by atoms with Crippen molar-refractivity contribution in [1.29, 1.82) is 0 Å². The lowest BCUT2D eigenvalue weighted by Gasteiger charge is -2.12. The normalized spacial score (nSPS) is 14.7. The van der Waals surface area contributed by atoms with Crippen LogP contribution in [0.15, 0.2) is 23.3 Å². The van der Waals surface area contributed by atoms with Crippen molar-refractivity contribution >= 4 is 35.1 Å². The minimum absolute atomic E-state index is 0.104. The molecule has 18 heavy (non-hydrogen) atoms. The van der Waals surface area contributed by atoms with Crippen LogP contribution in [0.4, 0.5) is 5.69 Å². The van der Waals surface area contributed by atoms with Crippen molar-refractivity contribution in [1.82, 2.24) is 0 Å². The first kappa shape index (κ1) is 15.2. The van der Waals surface area contributed by atoms with Gasteiger partial charge in [0.05, 0.1) is 23.4 Å². The van der Waals surface area contributed by atoms with Crippen molar-refractivity contribution in [3.05, 3.63) is 28.2 Å². The fraction of sp³-hybridized carbons (Fsp3) is 0.364. The first-order valence-corrected chi connectivity index (χ1v) is 5.99. The topological polar surface area (TPSA) is 85.1 Å². The van der Waals surface area contributed by atoms with Crippen LogP contribution in [0.2, 0.25) is 10.0 Å². The molecule has 0 aliphatic heterocycles. The van der Waals surface area contributed by atoms with Crippen LogP contribution in [0.25, 0.3) is 0 Å². The van der Waals surface area contributed by atoms with Crippen LogP contribution >= 0.6 is 23.2 Å². The molecule has 100 valence electrons.